The van der Waals surface area contributed by atoms with Crippen LogP contribution in [0.4, 0.5) is 0 Å². The van der Waals surface area contributed by atoms with Gasteiger partial charge < -0.3 is 42.4 Å². The normalized spacial score (nSPS) is 31.8. The van der Waals surface area contributed by atoms with Crippen molar-refractivity contribution in [1.82, 2.24) is 0 Å². The molecule has 6 atom stereocenters. The molecule has 0 bridgehead atoms. The highest BCUT2D eigenvalue weighted by Crippen LogP contribution is 2.57. The molecular formula is C57H86O9Si2. The first kappa shape index (κ1) is 55.9. The zero-order chi connectivity index (χ0) is 45.6. The molecule has 4 aliphatic heterocycles. The molecule has 11 heteroatoms. The second kappa shape index (κ2) is 19.9. The van der Waals surface area contributed by atoms with Crippen molar-refractivity contribution in [3.63, 3.8) is 0 Å². The van der Waals surface area contributed by atoms with Crippen molar-refractivity contribution >= 4 is 37.4 Å². The number of aliphatic hydroxyl groups excluding tert-OH is 1. The van der Waals surface area contributed by atoms with E-state index >= 15 is 0 Å². The summed E-state index contributed by atoms with van der Waals surface area (Å²) in [4.78, 5) is 0. The summed E-state index contributed by atoms with van der Waals surface area (Å²) >= 11 is 0. The Morgan fingerprint density at radius 2 is 0.750 bits per heavy atom. The molecule has 2 spiro atoms. The van der Waals surface area contributed by atoms with Crippen LogP contribution in [0.5, 0.6) is 0 Å². The maximum atomic E-state index is 11.0. The fourth-order valence-corrected chi connectivity index (χ4v) is 21.1. The summed E-state index contributed by atoms with van der Waals surface area (Å²) in [5.41, 5.74) is -0.857. The van der Waals surface area contributed by atoms with Crippen LogP contribution in [0.2, 0.25) is 10.1 Å². The van der Waals surface area contributed by atoms with Gasteiger partial charge in [0.05, 0.1) is 17.8 Å². The molecule has 6 aliphatic rings. The van der Waals surface area contributed by atoms with Gasteiger partial charge in [0, 0.05) is 31.6 Å². The highest BCUT2D eigenvalue weighted by atomic mass is 28.4. The van der Waals surface area contributed by atoms with Crippen LogP contribution < -0.4 is 20.7 Å². The van der Waals surface area contributed by atoms with Gasteiger partial charge in [-0.2, -0.15) is 0 Å². The average molecular weight is 971 g/mol. The lowest BCUT2D eigenvalue weighted by Gasteiger charge is -2.53. The largest absolute Gasteiger partial charge is 0.404 e. The summed E-state index contributed by atoms with van der Waals surface area (Å²) in [7, 11) is -5.16. The standard InChI is InChI=1S/C27H36O4Si.C26H34O5Si.4CH4/c1-19-23-24(29-26(5,6)28-23)30-27(19)17-20(18-27)31-32(25(2,3)4,21-13-9-7-10-14-21)22-15-11-8-12-16-22;1-24(2,3)32(19-12-8-6-9-13-19,20-14-10-7-11-15-20)31-18-16-26(17-18)22(27)21-23(30-26)29-25(4,5)28-21;;;;/h7-16,19-20,23-24H,17-18H2,1-6H3;6-15,18,21-23,27H,16-17H2,1-5H3;4*1H4/t19-,20?,23-,24+,27?;18?,21-,22-,23+,26?;;;;/m11..../s1. The Morgan fingerprint density at radius 1 is 0.456 bits per heavy atom. The molecule has 1 N–H and O–H groups in total. The molecule has 2 saturated carbocycles. The van der Waals surface area contributed by atoms with Crippen molar-refractivity contribution in [2.45, 2.75) is 208 Å². The van der Waals surface area contributed by atoms with Crippen LogP contribution in [-0.2, 0) is 37.3 Å². The molecule has 0 unspecified atom stereocenters. The Morgan fingerprint density at radius 3 is 1.06 bits per heavy atom. The molecule has 10 rings (SSSR count). The maximum absolute atomic E-state index is 11.0. The van der Waals surface area contributed by atoms with Gasteiger partial charge in [0.2, 0.25) is 0 Å². The quantitative estimate of drug-likeness (QED) is 0.173. The van der Waals surface area contributed by atoms with Crippen molar-refractivity contribution in [3.05, 3.63) is 121 Å². The Hall–Kier alpha value is -3.05. The van der Waals surface area contributed by atoms with E-state index in [4.69, 9.17) is 37.3 Å². The zero-order valence-electron chi connectivity index (χ0n) is 39.7. The highest BCUT2D eigenvalue weighted by molar-refractivity contribution is 7.00. The molecule has 4 aromatic rings. The van der Waals surface area contributed by atoms with Crippen LogP contribution in [0.15, 0.2) is 121 Å². The minimum Gasteiger partial charge on any atom is -0.404 e. The molecule has 4 aromatic carbocycles. The first-order valence-corrected chi connectivity index (χ1v) is 27.3. The van der Waals surface area contributed by atoms with Gasteiger partial charge in [-0.25, -0.2) is 0 Å². The van der Waals surface area contributed by atoms with Gasteiger partial charge in [-0.15, -0.1) is 0 Å². The summed E-state index contributed by atoms with van der Waals surface area (Å²) in [6, 6.07) is 43.0. The number of hydrogen-bond acceptors (Lipinski definition) is 9. The van der Waals surface area contributed by atoms with Crippen LogP contribution in [0.25, 0.3) is 0 Å². The van der Waals surface area contributed by atoms with E-state index in [1.807, 2.05) is 27.7 Å². The smallest absolute Gasteiger partial charge is 0.261 e. The van der Waals surface area contributed by atoms with Crippen molar-refractivity contribution < 1.29 is 42.4 Å². The van der Waals surface area contributed by atoms with Crippen LogP contribution >= 0.6 is 0 Å². The highest BCUT2D eigenvalue weighted by Gasteiger charge is 2.68. The molecular weight excluding hydrogens is 885 g/mol. The number of ether oxygens (including phenoxy) is 6. The fourth-order valence-electron chi connectivity index (χ4n) is 11.8. The summed E-state index contributed by atoms with van der Waals surface area (Å²) in [6.45, 7) is 23.7. The first-order valence-electron chi connectivity index (χ1n) is 23.5. The molecule has 376 valence electrons. The summed E-state index contributed by atoms with van der Waals surface area (Å²) in [5.74, 6) is -1.01. The van der Waals surface area contributed by atoms with Gasteiger partial charge in [0.15, 0.2) is 24.2 Å². The van der Waals surface area contributed by atoms with Gasteiger partial charge in [-0.3, -0.25) is 0 Å². The average Bonchev–Trinajstić information content (AvgIpc) is 3.87. The van der Waals surface area contributed by atoms with Gasteiger partial charge in [-0.1, -0.05) is 200 Å². The minimum absolute atomic E-state index is 0. The number of rotatable bonds is 8. The lowest BCUT2D eigenvalue weighted by molar-refractivity contribution is -0.267. The number of aliphatic hydroxyl groups is 1. The number of hydrogen-bond donors (Lipinski definition) is 1. The SMILES string of the molecule is C.C.C.C.CC1(C)O[C@H]2OC3(CC(O[Si](c4ccccc4)(c4ccccc4)C(C)(C)C)C3)[C@H](O)[C@H]2O1.C[C@@H]1[C@H]2OC(C)(C)O[C@H]2OC12CC(O[Si](c1ccccc1)(c1ccccc1)C(C)(C)C)C2. The summed E-state index contributed by atoms with van der Waals surface area (Å²) < 4.78 is 51.2. The van der Waals surface area contributed by atoms with E-state index < -0.39 is 52.3 Å². The summed E-state index contributed by atoms with van der Waals surface area (Å²) in [6.07, 6.45) is 1.27. The Labute approximate surface area is 412 Å². The molecule has 6 fully saturated rings. The van der Waals surface area contributed by atoms with E-state index in [2.05, 4.69) is 170 Å². The predicted molar refractivity (Wildman–Crippen MR) is 281 cm³/mol. The third kappa shape index (κ3) is 9.56. The molecule has 4 saturated heterocycles. The van der Waals surface area contributed by atoms with Gasteiger partial charge in [0.1, 0.15) is 23.9 Å². The van der Waals surface area contributed by atoms with Crippen LogP contribution in [-0.4, -0.2) is 87.6 Å². The lowest BCUT2D eigenvalue weighted by Crippen LogP contribution is -2.70. The molecule has 68 heavy (non-hydrogen) atoms. The first-order chi connectivity index (χ1) is 30.1. The Bertz CT molecular complexity index is 1980. The monoisotopic (exact) mass is 971 g/mol. The van der Waals surface area contributed by atoms with E-state index in [-0.39, 0.29) is 75.9 Å². The van der Waals surface area contributed by atoms with Gasteiger partial charge in [0.25, 0.3) is 16.6 Å². The van der Waals surface area contributed by atoms with E-state index in [9.17, 15) is 5.11 Å². The third-order valence-corrected chi connectivity index (χ3v) is 25.0. The minimum atomic E-state index is -2.62. The predicted octanol–water partition coefficient (Wildman–Crippen LogP) is 10.5. The molecule has 9 nitrogen and oxygen atoms in total. The van der Waals surface area contributed by atoms with E-state index in [1.165, 1.54) is 20.7 Å². The third-order valence-electron chi connectivity index (χ3n) is 14.9. The molecule has 0 aromatic heterocycles. The van der Waals surface area contributed by atoms with E-state index in [0.29, 0.717) is 12.8 Å². The second-order valence-corrected chi connectivity index (χ2v) is 30.7. The van der Waals surface area contributed by atoms with Crippen LogP contribution in [0.1, 0.15) is 132 Å². The van der Waals surface area contributed by atoms with Crippen LogP contribution in [0.3, 0.4) is 0 Å². The fraction of sp³-hybridized carbons (Fsp3) is 0.579. The van der Waals surface area contributed by atoms with Gasteiger partial charge in [-0.05, 0) is 58.5 Å². The topological polar surface area (TPSA) is 94.1 Å². The van der Waals surface area contributed by atoms with Crippen LogP contribution in [0, 0.1) is 5.92 Å². The zero-order valence-corrected chi connectivity index (χ0v) is 41.7. The molecule has 0 radical (unpaired) electrons. The van der Waals surface area contributed by atoms with E-state index in [0.717, 1.165) is 12.8 Å². The van der Waals surface area contributed by atoms with Crippen molar-refractivity contribution in [2.75, 3.05) is 0 Å². The lowest BCUT2D eigenvalue weighted by atomic mass is 9.69. The molecule has 2 aliphatic carbocycles. The Kier molecular flexibility index (Phi) is 16.3. The van der Waals surface area contributed by atoms with Crippen molar-refractivity contribution in [3.8, 4) is 0 Å². The van der Waals surface area contributed by atoms with Gasteiger partial charge >= 0.3 is 0 Å². The number of benzene rings is 4. The number of fused-ring (bicyclic) bond motifs is 2. The molecule has 0 amide bonds. The summed E-state index contributed by atoms with van der Waals surface area (Å²) in [5, 5.41) is 16.1. The second-order valence-electron chi connectivity index (χ2n) is 22.2. The molecule has 4 heterocycles. The maximum Gasteiger partial charge on any atom is 0.261 e. The van der Waals surface area contributed by atoms with Crippen molar-refractivity contribution in [2.24, 2.45) is 5.92 Å². The van der Waals surface area contributed by atoms with E-state index in [1.54, 1.807) is 0 Å². The Balaban J connectivity index is 0.000000240. The van der Waals surface area contributed by atoms with Crippen molar-refractivity contribution in [1.29, 1.82) is 0 Å².